The zero-order valence-corrected chi connectivity index (χ0v) is 10.0. The summed E-state index contributed by atoms with van der Waals surface area (Å²) in [4.78, 5) is 0. The fourth-order valence-corrected chi connectivity index (χ4v) is 2.43. The van der Waals surface area contributed by atoms with Crippen molar-refractivity contribution >= 4 is 28.4 Å². The van der Waals surface area contributed by atoms with Crippen molar-refractivity contribution in [1.82, 2.24) is 10.2 Å². The molecule has 1 aliphatic rings. The Morgan fingerprint density at radius 3 is 3.00 bits per heavy atom. The molecule has 1 saturated carbocycles. The zero-order valence-electron chi connectivity index (χ0n) is 9.27. The van der Waals surface area contributed by atoms with Gasteiger partial charge in [-0.1, -0.05) is 11.6 Å². The first-order chi connectivity index (χ1) is 8.05. The summed E-state index contributed by atoms with van der Waals surface area (Å²) in [5.74, 6) is 0.579. The molecule has 6 heteroatoms. The Bertz CT molecular complexity index is 559. The van der Waals surface area contributed by atoms with Crippen LogP contribution in [0, 0.1) is 0 Å². The first-order valence-electron chi connectivity index (χ1n) is 5.43. The Labute approximate surface area is 103 Å². The van der Waals surface area contributed by atoms with Crippen molar-refractivity contribution in [3.8, 4) is 0 Å². The van der Waals surface area contributed by atoms with Crippen molar-refractivity contribution in [3.05, 3.63) is 17.5 Å². The molecule has 0 aromatic carbocycles. The molecule has 1 aliphatic carbocycles. The van der Waals surface area contributed by atoms with Gasteiger partial charge in [0.1, 0.15) is 0 Å². The molecule has 90 valence electrons. The molecule has 17 heavy (non-hydrogen) atoms. The number of nitrogens with zero attached hydrogens (tertiary/aromatic N) is 2. The molecule has 3 rings (SSSR count). The third-order valence-electron chi connectivity index (χ3n) is 3.05. The first-order valence-corrected chi connectivity index (χ1v) is 5.81. The van der Waals surface area contributed by atoms with Crippen LogP contribution in [0.3, 0.4) is 0 Å². The molecule has 2 aromatic rings. The largest absolute Gasteiger partial charge is 0.460 e. The van der Waals surface area contributed by atoms with Crippen LogP contribution >= 0.6 is 11.6 Å². The van der Waals surface area contributed by atoms with E-state index < -0.39 is 5.60 Å². The maximum absolute atomic E-state index is 9.66. The molecule has 0 amide bonds. The van der Waals surface area contributed by atoms with Gasteiger partial charge >= 0.3 is 0 Å². The highest BCUT2D eigenvalue weighted by Crippen LogP contribution is 2.35. The number of hydrogen-bond donors (Lipinski definition) is 2. The normalized spacial score (nSPS) is 28.1. The molecule has 2 N–H and O–H groups in total. The smallest absolute Gasteiger partial charge is 0.192 e. The number of fused-ring (bicyclic) bond motifs is 1. The van der Waals surface area contributed by atoms with Crippen molar-refractivity contribution in [1.29, 1.82) is 0 Å². The second-order valence-corrected chi connectivity index (χ2v) is 5.11. The number of furan rings is 1. The van der Waals surface area contributed by atoms with Gasteiger partial charge < -0.3 is 14.8 Å². The summed E-state index contributed by atoms with van der Waals surface area (Å²) < 4.78 is 5.34. The van der Waals surface area contributed by atoms with Crippen molar-refractivity contribution in [3.63, 3.8) is 0 Å². The van der Waals surface area contributed by atoms with Gasteiger partial charge in [0.2, 0.25) is 0 Å². The third-order valence-corrected chi connectivity index (χ3v) is 3.33. The van der Waals surface area contributed by atoms with Crippen molar-refractivity contribution in [2.45, 2.75) is 31.4 Å². The highest BCUT2D eigenvalue weighted by molar-refractivity contribution is 6.34. The Balaban J connectivity index is 1.87. The Morgan fingerprint density at radius 2 is 2.29 bits per heavy atom. The van der Waals surface area contributed by atoms with Gasteiger partial charge in [0.05, 0.1) is 17.3 Å². The van der Waals surface area contributed by atoms with Crippen LogP contribution < -0.4 is 5.32 Å². The Hall–Kier alpha value is -1.33. The van der Waals surface area contributed by atoms with Crippen LogP contribution in [-0.4, -0.2) is 26.9 Å². The van der Waals surface area contributed by atoms with Crippen LogP contribution in [0.1, 0.15) is 19.8 Å². The molecule has 0 aliphatic heterocycles. The molecule has 0 saturated heterocycles. The van der Waals surface area contributed by atoms with E-state index in [4.69, 9.17) is 16.0 Å². The van der Waals surface area contributed by atoms with Crippen LogP contribution in [-0.2, 0) is 0 Å². The topological polar surface area (TPSA) is 71.2 Å². The lowest BCUT2D eigenvalue weighted by Gasteiger charge is -2.41. The van der Waals surface area contributed by atoms with Crippen molar-refractivity contribution < 1.29 is 9.52 Å². The van der Waals surface area contributed by atoms with Gasteiger partial charge in [0, 0.05) is 6.04 Å². The lowest BCUT2D eigenvalue weighted by Crippen LogP contribution is -2.48. The maximum atomic E-state index is 9.66. The lowest BCUT2D eigenvalue weighted by molar-refractivity contribution is -0.0235. The van der Waals surface area contributed by atoms with E-state index in [2.05, 4.69) is 15.5 Å². The highest BCUT2D eigenvalue weighted by Gasteiger charge is 2.38. The molecule has 0 spiro atoms. The quantitative estimate of drug-likeness (QED) is 0.859. The third kappa shape index (κ3) is 1.85. The molecular weight excluding hydrogens is 242 g/mol. The fourth-order valence-electron chi connectivity index (χ4n) is 2.24. The molecule has 2 aromatic heterocycles. The summed E-state index contributed by atoms with van der Waals surface area (Å²) in [6, 6.07) is 1.96. The molecule has 1 fully saturated rings. The summed E-state index contributed by atoms with van der Waals surface area (Å²) >= 11 is 5.90. The molecule has 0 bridgehead atoms. The summed E-state index contributed by atoms with van der Waals surface area (Å²) in [6.45, 7) is 1.82. The first kappa shape index (κ1) is 10.8. The molecule has 0 unspecified atom stereocenters. The minimum absolute atomic E-state index is 0.203. The van der Waals surface area contributed by atoms with Gasteiger partial charge in [-0.3, -0.25) is 0 Å². The highest BCUT2D eigenvalue weighted by atomic mass is 35.5. The van der Waals surface area contributed by atoms with E-state index in [0.29, 0.717) is 29.4 Å². The van der Waals surface area contributed by atoms with E-state index in [1.807, 2.05) is 6.92 Å². The van der Waals surface area contributed by atoms with Gasteiger partial charge in [0.15, 0.2) is 16.6 Å². The molecule has 2 heterocycles. The maximum Gasteiger partial charge on any atom is 0.192 e. The van der Waals surface area contributed by atoms with E-state index in [1.54, 1.807) is 12.3 Å². The van der Waals surface area contributed by atoms with Crippen molar-refractivity contribution in [2.75, 3.05) is 5.32 Å². The summed E-state index contributed by atoms with van der Waals surface area (Å²) in [6.07, 6.45) is 2.95. The standard InChI is InChI=1S/C11H12ClN3O2/c1-11(16)4-6(5-11)13-10-8-7(2-3-17-8)9(12)14-15-10/h2-3,6,16H,4-5H2,1H3,(H,13,15). The van der Waals surface area contributed by atoms with Crippen LogP contribution in [0.15, 0.2) is 16.7 Å². The second kappa shape index (κ2) is 3.58. The number of hydrogen-bond acceptors (Lipinski definition) is 5. The van der Waals surface area contributed by atoms with E-state index in [0.717, 1.165) is 5.39 Å². The molecule has 5 nitrogen and oxygen atoms in total. The number of anilines is 1. The second-order valence-electron chi connectivity index (χ2n) is 4.75. The van der Waals surface area contributed by atoms with Gasteiger partial charge in [-0.15, -0.1) is 10.2 Å². The van der Waals surface area contributed by atoms with E-state index >= 15 is 0 Å². The molecule has 0 atom stereocenters. The predicted octanol–water partition coefficient (Wildman–Crippen LogP) is 2.20. The number of nitrogens with one attached hydrogen (secondary N) is 1. The Morgan fingerprint density at radius 1 is 1.53 bits per heavy atom. The zero-order chi connectivity index (χ0) is 12.0. The van der Waals surface area contributed by atoms with Gasteiger partial charge in [0.25, 0.3) is 0 Å². The van der Waals surface area contributed by atoms with Crippen LogP contribution in [0.5, 0.6) is 0 Å². The number of aromatic nitrogens is 2. The van der Waals surface area contributed by atoms with E-state index in [-0.39, 0.29) is 6.04 Å². The van der Waals surface area contributed by atoms with Gasteiger partial charge in [-0.25, -0.2) is 0 Å². The predicted molar refractivity (Wildman–Crippen MR) is 64.1 cm³/mol. The molecular formula is C11H12ClN3O2. The summed E-state index contributed by atoms with van der Waals surface area (Å²) in [5, 5.41) is 21.8. The minimum atomic E-state index is -0.570. The number of rotatable bonds is 2. The monoisotopic (exact) mass is 253 g/mol. The van der Waals surface area contributed by atoms with E-state index in [9.17, 15) is 5.11 Å². The van der Waals surface area contributed by atoms with Crippen LogP contribution in [0.4, 0.5) is 5.82 Å². The average Bonchev–Trinajstić information content (AvgIpc) is 2.69. The van der Waals surface area contributed by atoms with Gasteiger partial charge in [-0.05, 0) is 25.8 Å². The number of aliphatic hydroxyl groups is 1. The summed E-state index contributed by atoms with van der Waals surface area (Å²) in [7, 11) is 0. The van der Waals surface area contributed by atoms with Gasteiger partial charge in [-0.2, -0.15) is 0 Å². The van der Waals surface area contributed by atoms with Crippen molar-refractivity contribution in [2.24, 2.45) is 0 Å². The van der Waals surface area contributed by atoms with Crippen LogP contribution in [0.25, 0.3) is 11.0 Å². The fraction of sp³-hybridized carbons (Fsp3) is 0.455. The minimum Gasteiger partial charge on any atom is -0.460 e. The van der Waals surface area contributed by atoms with Crippen LogP contribution in [0.2, 0.25) is 5.15 Å². The molecule has 0 radical (unpaired) electrons. The Kier molecular flexibility index (Phi) is 2.27. The average molecular weight is 254 g/mol. The SMILES string of the molecule is CC1(O)CC(Nc2nnc(Cl)c3ccoc23)C1. The van der Waals surface area contributed by atoms with E-state index in [1.165, 1.54) is 0 Å². The number of halogens is 1. The summed E-state index contributed by atoms with van der Waals surface area (Å²) in [5.41, 5.74) is 0.0383. The lowest BCUT2D eigenvalue weighted by atomic mass is 9.77.